The van der Waals surface area contributed by atoms with Crippen LogP contribution in [0.3, 0.4) is 0 Å². The molecule has 1 unspecified atom stereocenters. The average Bonchev–Trinajstić information content (AvgIpc) is 3.08. The van der Waals surface area contributed by atoms with Crippen molar-refractivity contribution in [2.45, 2.75) is 12.5 Å². The van der Waals surface area contributed by atoms with Crippen LogP contribution in [0.25, 0.3) is 5.76 Å². The number of aromatic hydroxyl groups is 1. The number of Topliss-reactive ketones (excluding diaryl/α,β-unsaturated/α-hetero) is 1. The second-order valence-electron chi connectivity index (χ2n) is 7.31. The van der Waals surface area contributed by atoms with E-state index in [1.165, 1.54) is 38.4 Å². The summed E-state index contributed by atoms with van der Waals surface area (Å²) in [4.78, 5) is 27.5. The number of carbonyl (C=O) groups excluding carboxylic acids is 2. The molecule has 0 bridgehead atoms. The predicted molar refractivity (Wildman–Crippen MR) is 120 cm³/mol. The molecule has 1 aliphatic rings. The molecule has 1 heterocycles. The van der Waals surface area contributed by atoms with Crippen molar-refractivity contribution < 1.29 is 38.7 Å². The summed E-state index contributed by atoms with van der Waals surface area (Å²) in [6.07, 6.45) is 0.472. The Kier molecular flexibility index (Phi) is 7.44. The standard InChI is InChI=1S/C24H27NO8/c1-30-12-6-11-25-21(14-9-10-16(31-2)15(26)13-14)20(23(28)24(25)29)22(27)19-17(32-3)7-5-8-18(19)33-4/h5,7-10,13,21,26-27H,6,11-12H2,1-4H3/b22-20+. The van der Waals surface area contributed by atoms with E-state index >= 15 is 0 Å². The minimum absolute atomic E-state index is 0.134. The van der Waals surface area contributed by atoms with Gasteiger partial charge in [0.1, 0.15) is 22.8 Å². The molecule has 2 aromatic carbocycles. The van der Waals surface area contributed by atoms with Crippen molar-refractivity contribution >= 4 is 17.4 Å². The number of likely N-dealkylation sites (tertiary alicyclic amines) is 1. The van der Waals surface area contributed by atoms with Crippen molar-refractivity contribution in [3.8, 4) is 23.0 Å². The Bertz CT molecular complexity index is 1060. The molecule has 1 aliphatic heterocycles. The number of aliphatic hydroxyl groups is 1. The Hall–Kier alpha value is -3.72. The van der Waals surface area contributed by atoms with Crippen LogP contribution in [0.5, 0.6) is 23.0 Å². The average molecular weight is 457 g/mol. The second-order valence-corrected chi connectivity index (χ2v) is 7.31. The fourth-order valence-electron chi connectivity index (χ4n) is 3.93. The van der Waals surface area contributed by atoms with Crippen LogP contribution in [0.4, 0.5) is 0 Å². The molecule has 0 spiro atoms. The fourth-order valence-corrected chi connectivity index (χ4v) is 3.93. The van der Waals surface area contributed by atoms with Crippen molar-refractivity contribution in [2.24, 2.45) is 0 Å². The summed E-state index contributed by atoms with van der Waals surface area (Å²) in [5.74, 6) is -1.42. The van der Waals surface area contributed by atoms with Gasteiger partial charge in [0.2, 0.25) is 0 Å². The zero-order chi connectivity index (χ0) is 24.1. The van der Waals surface area contributed by atoms with E-state index in [1.54, 1.807) is 31.4 Å². The van der Waals surface area contributed by atoms with Crippen LogP contribution in [-0.4, -0.2) is 68.4 Å². The van der Waals surface area contributed by atoms with Gasteiger partial charge in [-0.3, -0.25) is 9.59 Å². The molecular formula is C24H27NO8. The molecule has 1 amide bonds. The minimum Gasteiger partial charge on any atom is -0.506 e. The molecule has 0 aromatic heterocycles. The van der Waals surface area contributed by atoms with Crippen LogP contribution in [0.2, 0.25) is 0 Å². The number of phenolic OH excluding ortho intramolecular Hbond substituents is 1. The minimum atomic E-state index is -0.951. The van der Waals surface area contributed by atoms with Gasteiger partial charge in [0.05, 0.1) is 32.9 Å². The van der Waals surface area contributed by atoms with Crippen LogP contribution >= 0.6 is 0 Å². The number of benzene rings is 2. The summed E-state index contributed by atoms with van der Waals surface area (Å²) >= 11 is 0. The third-order valence-corrected chi connectivity index (χ3v) is 5.47. The normalized spacial score (nSPS) is 17.3. The van der Waals surface area contributed by atoms with E-state index < -0.39 is 23.5 Å². The van der Waals surface area contributed by atoms with Gasteiger partial charge in [0.25, 0.3) is 11.7 Å². The summed E-state index contributed by atoms with van der Waals surface area (Å²) in [5, 5.41) is 21.7. The maximum Gasteiger partial charge on any atom is 0.295 e. The van der Waals surface area contributed by atoms with Gasteiger partial charge >= 0.3 is 0 Å². The van der Waals surface area contributed by atoms with Gasteiger partial charge in [-0.05, 0) is 36.2 Å². The first-order valence-electron chi connectivity index (χ1n) is 10.2. The van der Waals surface area contributed by atoms with Gasteiger partial charge in [-0.2, -0.15) is 0 Å². The molecule has 1 saturated heterocycles. The lowest BCUT2D eigenvalue weighted by atomic mass is 9.94. The summed E-state index contributed by atoms with van der Waals surface area (Å²) in [5.41, 5.74) is 0.449. The van der Waals surface area contributed by atoms with Crippen LogP contribution in [0, 0.1) is 0 Å². The highest BCUT2D eigenvalue weighted by Crippen LogP contribution is 2.44. The largest absolute Gasteiger partial charge is 0.506 e. The zero-order valence-electron chi connectivity index (χ0n) is 19.0. The smallest absolute Gasteiger partial charge is 0.295 e. The first-order chi connectivity index (χ1) is 15.9. The fraction of sp³-hybridized carbons (Fsp3) is 0.333. The van der Waals surface area contributed by atoms with Gasteiger partial charge in [0.15, 0.2) is 11.5 Å². The van der Waals surface area contributed by atoms with Gasteiger partial charge < -0.3 is 34.1 Å². The molecule has 0 radical (unpaired) electrons. The molecule has 1 atom stereocenters. The number of hydrogen-bond acceptors (Lipinski definition) is 8. The van der Waals surface area contributed by atoms with E-state index in [-0.39, 0.29) is 40.7 Å². The van der Waals surface area contributed by atoms with E-state index in [0.717, 1.165) is 0 Å². The van der Waals surface area contributed by atoms with Crippen molar-refractivity contribution in [2.75, 3.05) is 41.6 Å². The monoisotopic (exact) mass is 457 g/mol. The zero-order valence-corrected chi connectivity index (χ0v) is 19.0. The molecular weight excluding hydrogens is 430 g/mol. The van der Waals surface area contributed by atoms with E-state index in [0.29, 0.717) is 18.6 Å². The molecule has 0 saturated carbocycles. The highest BCUT2D eigenvalue weighted by atomic mass is 16.5. The van der Waals surface area contributed by atoms with E-state index in [9.17, 15) is 19.8 Å². The Morgan fingerprint density at radius 3 is 2.15 bits per heavy atom. The lowest BCUT2D eigenvalue weighted by Gasteiger charge is -2.26. The van der Waals surface area contributed by atoms with E-state index in [2.05, 4.69) is 0 Å². The summed E-state index contributed by atoms with van der Waals surface area (Å²) < 4.78 is 20.9. The van der Waals surface area contributed by atoms with Crippen LogP contribution in [0.15, 0.2) is 42.0 Å². The van der Waals surface area contributed by atoms with E-state index in [4.69, 9.17) is 18.9 Å². The van der Waals surface area contributed by atoms with Gasteiger partial charge in [-0.25, -0.2) is 0 Å². The predicted octanol–water partition coefficient (Wildman–Crippen LogP) is 2.88. The Balaban J connectivity index is 2.24. The quantitative estimate of drug-likeness (QED) is 0.256. The third-order valence-electron chi connectivity index (χ3n) is 5.47. The molecule has 2 N–H and O–H groups in total. The highest BCUT2D eigenvalue weighted by molar-refractivity contribution is 6.46. The first-order valence-corrected chi connectivity index (χ1v) is 10.2. The number of ether oxygens (including phenoxy) is 4. The Labute approximate surface area is 191 Å². The van der Waals surface area contributed by atoms with Crippen molar-refractivity contribution in [3.05, 3.63) is 53.1 Å². The van der Waals surface area contributed by atoms with Gasteiger partial charge in [-0.1, -0.05) is 12.1 Å². The SMILES string of the molecule is COCCCN1C(=O)C(=O)/C(=C(/O)c2c(OC)cccc2OC)C1c1ccc(OC)c(O)c1. The lowest BCUT2D eigenvalue weighted by molar-refractivity contribution is -0.140. The van der Waals surface area contributed by atoms with Crippen LogP contribution in [0.1, 0.15) is 23.6 Å². The summed E-state index contributed by atoms with van der Waals surface area (Å²) in [6.45, 7) is 0.583. The summed E-state index contributed by atoms with van der Waals surface area (Å²) in [7, 11) is 5.81. The van der Waals surface area contributed by atoms with Crippen molar-refractivity contribution in [1.29, 1.82) is 0 Å². The number of hydrogen-bond donors (Lipinski definition) is 2. The van der Waals surface area contributed by atoms with Gasteiger partial charge in [-0.15, -0.1) is 0 Å². The number of rotatable bonds is 9. The molecule has 2 aromatic rings. The number of nitrogens with zero attached hydrogens (tertiary/aromatic N) is 1. The molecule has 9 nitrogen and oxygen atoms in total. The number of amides is 1. The summed E-state index contributed by atoms with van der Waals surface area (Å²) in [6, 6.07) is 8.52. The number of aliphatic hydroxyl groups excluding tert-OH is 1. The number of methoxy groups -OCH3 is 4. The number of phenols is 1. The van der Waals surface area contributed by atoms with E-state index in [1.807, 2.05) is 0 Å². The second kappa shape index (κ2) is 10.3. The Morgan fingerprint density at radius 2 is 1.61 bits per heavy atom. The number of ketones is 1. The first kappa shape index (κ1) is 23.9. The van der Waals surface area contributed by atoms with Gasteiger partial charge in [0, 0.05) is 20.3 Å². The van der Waals surface area contributed by atoms with Crippen LogP contribution < -0.4 is 14.2 Å². The third kappa shape index (κ3) is 4.45. The maximum absolute atomic E-state index is 13.1. The van der Waals surface area contributed by atoms with Crippen molar-refractivity contribution in [3.63, 3.8) is 0 Å². The topological polar surface area (TPSA) is 115 Å². The number of carbonyl (C=O) groups is 2. The van der Waals surface area contributed by atoms with Crippen molar-refractivity contribution in [1.82, 2.24) is 4.90 Å². The molecule has 1 fully saturated rings. The molecule has 3 rings (SSSR count). The highest BCUT2D eigenvalue weighted by Gasteiger charge is 2.46. The molecule has 0 aliphatic carbocycles. The van der Waals surface area contributed by atoms with Crippen LogP contribution in [-0.2, 0) is 14.3 Å². The molecule has 9 heteroatoms. The lowest BCUT2D eigenvalue weighted by Crippen LogP contribution is -2.31. The molecule has 33 heavy (non-hydrogen) atoms. The molecule has 176 valence electrons. The Morgan fingerprint density at radius 1 is 0.970 bits per heavy atom. The maximum atomic E-state index is 13.1.